The van der Waals surface area contributed by atoms with E-state index >= 15 is 0 Å². The molecule has 0 spiro atoms. The highest BCUT2D eigenvalue weighted by atomic mass is 15.2. The Bertz CT molecular complexity index is 3600. The van der Waals surface area contributed by atoms with Gasteiger partial charge < -0.3 is 14.7 Å². The van der Waals surface area contributed by atoms with E-state index in [4.69, 9.17) is 0 Å². The van der Waals surface area contributed by atoms with Crippen LogP contribution in [0.15, 0.2) is 164 Å². The zero-order valence-electron chi connectivity index (χ0n) is 46.8. The van der Waals surface area contributed by atoms with E-state index in [1.165, 1.54) is 113 Å². The van der Waals surface area contributed by atoms with Gasteiger partial charge in [-0.25, -0.2) is 0 Å². The second kappa shape index (κ2) is 16.1. The van der Waals surface area contributed by atoms with Crippen molar-refractivity contribution in [1.82, 2.24) is 0 Å². The molecule has 3 nitrogen and oxygen atoms in total. The van der Waals surface area contributed by atoms with Gasteiger partial charge in [-0.3, -0.25) is 0 Å². The zero-order chi connectivity index (χ0) is 52.4. The van der Waals surface area contributed by atoms with E-state index < -0.39 is 0 Å². The van der Waals surface area contributed by atoms with E-state index in [2.05, 4.69) is 269 Å². The summed E-state index contributed by atoms with van der Waals surface area (Å²) in [6, 6.07) is 63.7. The third-order valence-electron chi connectivity index (χ3n) is 19.1. The van der Waals surface area contributed by atoms with Crippen molar-refractivity contribution in [2.45, 2.75) is 148 Å². The Morgan fingerprint density at radius 2 is 0.933 bits per heavy atom. The molecule has 13 rings (SSSR count). The summed E-state index contributed by atoms with van der Waals surface area (Å²) in [4.78, 5) is 7.89. The Kier molecular flexibility index (Phi) is 10.3. The molecule has 8 aromatic carbocycles. The average molecular weight is 980 g/mol. The van der Waals surface area contributed by atoms with Gasteiger partial charge in [0.05, 0.1) is 5.69 Å². The minimum Gasteiger partial charge on any atom is -0.311 e. The van der Waals surface area contributed by atoms with Gasteiger partial charge in [0, 0.05) is 50.9 Å². The molecule has 0 radical (unpaired) electrons. The predicted molar refractivity (Wildman–Crippen MR) is 322 cm³/mol. The van der Waals surface area contributed by atoms with Gasteiger partial charge in [-0.1, -0.05) is 181 Å². The fourth-order valence-corrected chi connectivity index (χ4v) is 14.5. The molecule has 376 valence electrons. The first kappa shape index (κ1) is 47.9. The van der Waals surface area contributed by atoms with Gasteiger partial charge >= 0.3 is 0 Å². The van der Waals surface area contributed by atoms with Crippen LogP contribution in [0, 0.1) is 0 Å². The monoisotopic (exact) mass is 980 g/mol. The molecule has 0 N–H and O–H groups in total. The van der Waals surface area contributed by atoms with Crippen molar-refractivity contribution in [3.63, 3.8) is 0 Å². The Labute approximate surface area is 448 Å². The molecule has 0 saturated carbocycles. The van der Waals surface area contributed by atoms with Crippen LogP contribution in [0.2, 0.25) is 0 Å². The number of para-hydroxylation sites is 2. The normalized spacial score (nSPS) is 18.4. The number of rotatable bonds is 5. The molecule has 75 heavy (non-hydrogen) atoms. The molecule has 0 atom stereocenters. The van der Waals surface area contributed by atoms with Crippen LogP contribution in [0.25, 0.3) is 11.1 Å². The second-order valence-electron chi connectivity index (χ2n) is 27.1. The van der Waals surface area contributed by atoms with Crippen molar-refractivity contribution < 1.29 is 0 Å². The summed E-state index contributed by atoms with van der Waals surface area (Å²) in [5, 5.41) is 0. The maximum atomic E-state index is 2.73. The molecule has 0 amide bonds. The van der Waals surface area contributed by atoms with Crippen LogP contribution in [0.1, 0.15) is 155 Å². The average Bonchev–Trinajstić information content (AvgIpc) is 3.77. The van der Waals surface area contributed by atoms with Crippen molar-refractivity contribution >= 4 is 74.3 Å². The quantitative estimate of drug-likeness (QED) is 0.159. The molecule has 5 aliphatic rings. The molecular weight excluding hydrogens is 906 g/mol. The van der Waals surface area contributed by atoms with Gasteiger partial charge in [-0.2, -0.15) is 0 Å². The van der Waals surface area contributed by atoms with E-state index in [1.807, 2.05) is 0 Å². The number of hydrogen-bond donors (Lipinski definition) is 0. The Morgan fingerprint density at radius 3 is 1.56 bits per heavy atom. The van der Waals surface area contributed by atoms with E-state index in [0.717, 1.165) is 29.9 Å². The summed E-state index contributed by atoms with van der Waals surface area (Å²) in [6.07, 6.45) is 4.68. The summed E-state index contributed by atoms with van der Waals surface area (Å²) in [7, 11) is 0. The van der Waals surface area contributed by atoms with Gasteiger partial charge in [-0.05, 0) is 192 Å². The van der Waals surface area contributed by atoms with Crippen LogP contribution in [0.4, 0.5) is 51.2 Å². The van der Waals surface area contributed by atoms with Crippen LogP contribution >= 0.6 is 0 Å². The zero-order valence-corrected chi connectivity index (χ0v) is 46.8. The highest BCUT2D eigenvalue weighted by Gasteiger charge is 2.49. The lowest BCUT2D eigenvalue weighted by molar-refractivity contribution is 0.332. The maximum Gasteiger partial charge on any atom is 0.252 e. The van der Waals surface area contributed by atoms with Gasteiger partial charge in [-0.15, -0.1) is 0 Å². The molecule has 2 aliphatic heterocycles. The van der Waals surface area contributed by atoms with Crippen molar-refractivity contribution in [3.05, 3.63) is 203 Å². The molecule has 4 heteroatoms. The fraction of sp³-hybridized carbons (Fsp3) is 0.324. The topological polar surface area (TPSA) is 9.72 Å². The number of benzene rings is 8. The lowest BCUT2D eigenvalue weighted by atomic mass is 9.33. The largest absolute Gasteiger partial charge is 0.311 e. The van der Waals surface area contributed by atoms with Crippen LogP contribution in [-0.4, -0.2) is 6.71 Å². The summed E-state index contributed by atoms with van der Waals surface area (Å²) >= 11 is 0. The Balaban J connectivity index is 1.17. The predicted octanol–water partition coefficient (Wildman–Crippen LogP) is 17.5. The van der Waals surface area contributed by atoms with E-state index in [-0.39, 0.29) is 39.2 Å². The molecule has 3 aliphatic carbocycles. The van der Waals surface area contributed by atoms with Gasteiger partial charge in [0.25, 0.3) is 6.71 Å². The van der Waals surface area contributed by atoms with E-state index in [0.29, 0.717) is 0 Å². The number of fused-ring (bicyclic) bond motifs is 9. The molecule has 8 aromatic rings. The standard InChI is InChI=1S/C71H74BN3/c1-66(2,3)45-39-62-65-63(40-45)75(59-30-22-28-51-50-27-20-21-29-52(50)71(12,13)64(51)59)60-42-49(73(46-23-16-14-17-24-46)47-25-18-15-19-26-47)32-34-57(60)72(65)58-43-55-56(70(10,11)38-37-69(55,8)9)44-61(58)74(62)48-31-33-53-54(41-48)68(6,7)36-35-67(53,4)5/h14-34,39-44H,35-38H2,1-13H3. The first-order valence-corrected chi connectivity index (χ1v) is 28.0. The Hall–Kier alpha value is -6.78. The number of hydrogen-bond acceptors (Lipinski definition) is 3. The lowest BCUT2D eigenvalue weighted by Crippen LogP contribution is -2.62. The van der Waals surface area contributed by atoms with Crippen LogP contribution in [0.3, 0.4) is 0 Å². The summed E-state index contributed by atoms with van der Waals surface area (Å²) in [5.41, 5.74) is 27.7. The molecular formula is C71H74BN3. The molecule has 0 bridgehead atoms. The number of nitrogens with zero attached hydrogens (tertiary/aromatic N) is 3. The fourth-order valence-electron chi connectivity index (χ4n) is 14.5. The first-order valence-electron chi connectivity index (χ1n) is 28.0. The van der Waals surface area contributed by atoms with Crippen molar-refractivity contribution in [2.75, 3.05) is 14.7 Å². The number of anilines is 9. The highest BCUT2D eigenvalue weighted by Crippen LogP contribution is 2.57. The van der Waals surface area contributed by atoms with Crippen molar-refractivity contribution in [1.29, 1.82) is 0 Å². The molecule has 0 saturated heterocycles. The maximum absolute atomic E-state index is 2.73. The molecule has 2 heterocycles. The third-order valence-corrected chi connectivity index (χ3v) is 19.1. The highest BCUT2D eigenvalue weighted by molar-refractivity contribution is 7.00. The summed E-state index contributed by atoms with van der Waals surface area (Å²) in [6.45, 7) is 31.9. The van der Waals surface area contributed by atoms with Crippen LogP contribution in [0.5, 0.6) is 0 Å². The molecule has 0 aromatic heterocycles. The minimum atomic E-state index is -0.251. The molecule has 0 fully saturated rings. The van der Waals surface area contributed by atoms with Gasteiger partial charge in [0.15, 0.2) is 0 Å². The lowest BCUT2D eigenvalue weighted by Gasteiger charge is -2.48. The first-order chi connectivity index (χ1) is 35.6. The third kappa shape index (κ3) is 7.13. The second-order valence-corrected chi connectivity index (χ2v) is 27.1. The molecule has 0 unspecified atom stereocenters. The van der Waals surface area contributed by atoms with Crippen molar-refractivity contribution in [3.8, 4) is 11.1 Å². The summed E-state index contributed by atoms with van der Waals surface area (Å²) < 4.78 is 0. The summed E-state index contributed by atoms with van der Waals surface area (Å²) in [5.74, 6) is 0. The van der Waals surface area contributed by atoms with E-state index in [9.17, 15) is 0 Å². The van der Waals surface area contributed by atoms with Gasteiger partial charge in [0.1, 0.15) is 0 Å². The SMILES string of the molecule is CC(C)(C)c1cc2c3c(c1)N(c1cccc4c1C(C)(C)c1ccccc1-4)c1cc(N(c4ccccc4)c4ccccc4)ccc1B3c1cc3c(cc1N2c1ccc2c(c1)C(C)(C)CCC2(C)C)C(C)(C)CCC3(C)C. The Morgan fingerprint density at radius 1 is 0.400 bits per heavy atom. The minimum absolute atomic E-state index is 0.0236. The van der Waals surface area contributed by atoms with Gasteiger partial charge in [0.2, 0.25) is 0 Å². The van der Waals surface area contributed by atoms with Crippen molar-refractivity contribution in [2.24, 2.45) is 0 Å². The smallest absolute Gasteiger partial charge is 0.252 e. The van der Waals surface area contributed by atoms with Crippen LogP contribution in [-0.2, 0) is 32.5 Å². The van der Waals surface area contributed by atoms with Crippen LogP contribution < -0.4 is 31.1 Å². The van der Waals surface area contributed by atoms with E-state index in [1.54, 1.807) is 0 Å².